The molecule has 1 aromatic rings. The van der Waals surface area contributed by atoms with Crippen LogP contribution in [0.4, 0.5) is 0 Å². The summed E-state index contributed by atoms with van der Waals surface area (Å²) in [5, 5.41) is 4.10. The number of nitrogens with zero attached hydrogens (tertiary/aromatic N) is 4. The van der Waals surface area contributed by atoms with E-state index in [1.54, 1.807) is 17.1 Å². The molecule has 1 unspecified atom stereocenters. The zero-order chi connectivity index (χ0) is 17.2. The highest BCUT2D eigenvalue weighted by atomic mass is 16.5. The predicted octanol–water partition coefficient (Wildman–Crippen LogP) is 1.77. The summed E-state index contributed by atoms with van der Waals surface area (Å²) < 4.78 is 7.89. The molecule has 0 bridgehead atoms. The number of carbonyl (C=O) groups is 1. The lowest BCUT2D eigenvalue weighted by Crippen LogP contribution is -2.51. The number of piperidine rings is 1. The number of hydrogen-bond donors (Lipinski definition) is 0. The molecule has 6 heteroatoms. The maximum Gasteiger partial charge on any atom is 0.257 e. The van der Waals surface area contributed by atoms with E-state index in [0.717, 1.165) is 51.4 Å². The summed E-state index contributed by atoms with van der Waals surface area (Å²) in [6.07, 6.45) is 8.93. The molecule has 2 saturated heterocycles. The van der Waals surface area contributed by atoms with Gasteiger partial charge in [-0.2, -0.15) is 5.10 Å². The fourth-order valence-corrected chi connectivity index (χ4v) is 4.00. The zero-order valence-electron chi connectivity index (χ0n) is 15.2. The maximum atomic E-state index is 12.6. The third kappa shape index (κ3) is 3.98. The van der Waals surface area contributed by atoms with Crippen LogP contribution in [0.3, 0.4) is 0 Å². The van der Waals surface area contributed by atoms with Crippen molar-refractivity contribution in [3.05, 3.63) is 18.0 Å². The second-order valence-electron chi connectivity index (χ2n) is 7.68. The van der Waals surface area contributed by atoms with Crippen molar-refractivity contribution in [3.63, 3.8) is 0 Å². The van der Waals surface area contributed by atoms with E-state index < -0.39 is 0 Å². The second kappa shape index (κ2) is 7.23. The number of rotatable bonds is 4. The van der Waals surface area contributed by atoms with Crippen LogP contribution in [0.15, 0.2) is 12.4 Å². The van der Waals surface area contributed by atoms with Crippen LogP contribution in [-0.4, -0.2) is 71.4 Å². The van der Waals surface area contributed by atoms with Crippen molar-refractivity contribution in [2.24, 2.45) is 13.0 Å². The summed E-state index contributed by atoms with van der Waals surface area (Å²) >= 11 is 0. The van der Waals surface area contributed by atoms with E-state index in [-0.39, 0.29) is 11.5 Å². The Hall–Kier alpha value is -1.40. The van der Waals surface area contributed by atoms with Gasteiger partial charge in [0.25, 0.3) is 5.91 Å². The molecule has 1 atom stereocenters. The van der Waals surface area contributed by atoms with Gasteiger partial charge in [-0.25, -0.2) is 0 Å². The third-order valence-corrected chi connectivity index (χ3v) is 5.49. The smallest absolute Gasteiger partial charge is 0.257 e. The summed E-state index contributed by atoms with van der Waals surface area (Å²) in [5.41, 5.74) is 0.683. The van der Waals surface area contributed by atoms with Crippen molar-refractivity contribution in [3.8, 4) is 0 Å². The third-order valence-electron chi connectivity index (χ3n) is 5.49. The minimum Gasteiger partial charge on any atom is -0.375 e. The number of carbonyl (C=O) groups excluding carboxylic acids is 1. The highest BCUT2D eigenvalue weighted by Gasteiger charge is 2.41. The van der Waals surface area contributed by atoms with Crippen LogP contribution in [0.25, 0.3) is 0 Å². The molecule has 0 radical (unpaired) electrons. The van der Waals surface area contributed by atoms with Gasteiger partial charge >= 0.3 is 0 Å². The van der Waals surface area contributed by atoms with E-state index in [9.17, 15) is 4.79 Å². The SMILES string of the molecule is CN(C)CCC1CCOC2(CCN(C(=O)c3cnn(C)c3)CC2)C1. The predicted molar refractivity (Wildman–Crippen MR) is 92.9 cm³/mol. The molecule has 0 N–H and O–H groups in total. The minimum absolute atomic E-state index is 0.000940. The Balaban J connectivity index is 1.54. The van der Waals surface area contributed by atoms with E-state index >= 15 is 0 Å². The van der Waals surface area contributed by atoms with Gasteiger partial charge in [0.1, 0.15) is 0 Å². The van der Waals surface area contributed by atoms with Gasteiger partial charge in [-0.1, -0.05) is 0 Å². The molecule has 6 nitrogen and oxygen atoms in total. The number of ether oxygens (including phenoxy) is 1. The van der Waals surface area contributed by atoms with E-state index in [1.807, 2.05) is 11.9 Å². The second-order valence-corrected chi connectivity index (χ2v) is 7.68. The first-order chi connectivity index (χ1) is 11.5. The van der Waals surface area contributed by atoms with Crippen LogP contribution in [0.2, 0.25) is 0 Å². The molecule has 24 heavy (non-hydrogen) atoms. The first-order valence-electron chi connectivity index (χ1n) is 9.04. The van der Waals surface area contributed by atoms with Gasteiger partial charge in [0.2, 0.25) is 0 Å². The topological polar surface area (TPSA) is 50.6 Å². The molecule has 2 fully saturated rings. The number of hydrogen-bond acceptors (Lipinski definition) is 4. The summed E-state index contributed by atoms with van der Waals surface area (Å²) in [6.45, 7) is 3.59. The maximum absolute atomic E-state index is 12.6. The Bertz CT molecular complexity index is 561. The summed E-state index contributed by atoms with van der Waals surface area (Å²) in [4.78, 5) is 16.8. The molecule has 1 aromatic heterocycles. The molecule has 2 aliphatic heterocycles. The summed E-state index contributed by atoms with van der Waals surface area (Å²) in [6, 6.07) is 0. The Kier molecular flexibility index (Phi) is 5.25. The first kappa shape index (κ1) is 17.4. The van der Waals surface area contributed by atoms with Crippen molar-refractivity contribution < 1.29 is 9.53 Å². The van der Waals surface area contributed by atoms with Crippen molar-refractivity contribution in [2.45, 2.75) is 37.7 Å². The lowest BCUT2D eigenvalue weighted by molar-refractivity contribution is -0.124. The van der Waals surface area contributed by atoms with Crippen molar-refractivity contribution in [1.82, 2.24) is 19.6 Å². The Labute approximate surface area is 144 Å². The molecule has 1 amide bonds. The van der Waals surface area contributed by atoms with Gasteiger partial charge in [-0.3, -0.25) is 9.48 Å². The lowest BCUT2D eigenvalue weighted by Gasteiger charge is -2.46. The van der Waals surface area contributed by atoms with E-state index in [2.05, 4.69) is 24.1 Å². The van der Waals surface area contributed by atoms with Crippen LogP contribution in [-0.2, 0) is 11.8 Å². The quantitative estimate of drug-likeness (QED) is 0.842. The van der Waals surface area contributed by atoms with E-state index in [4.69, 9.17) is 4.74 Å². The molecule has 1 spiro atoms. The fourth-order valence-electron chi connectivity index (χ4n) is 4.00. The number of aromatic nitrogens is 2. The lowest BCUT2D eigenvalue weighted by atomic mass is 9.78. The number of amides is 1. The highest BCUT2D eigenvalue weighted by molar-refractivity contribution is 5.93. The van der Waals surface area contributed by atoms with Gasteiger partial charge in [0.15, 0.2) is 0 Å². The molecule has 0 aliphatic carbocycles. The molecule has 134 valence electrons. The Morgan fingerprint density at radius 3 is 2.79 bits per heavy atom. The molecule has 3 heterocycles. The normalized spacial score (nSPS) is 23.8. The molecule has 0 saturated carbocycles. The van der Waals surface area contributed by atoms with E-state index in [1.165, 1.54) is 12.8 Å². The average Bonchev–Trinajstić information content (AvgIpc) is 3.00. The molecular formula is C18H30N4O2. The summed E-state index contributed by atoms with van der Waals surface area (Å²) in [7, 11) is 6.11. The Morgan fingerprint density at radius 1 is 1.42 bits per heavy atom. The average molecular weight is 334 g/mol. The van der Waals surface area contributed by atoms with Gasteiger partial charge in [-0.05, 0) is 58.7 Å². The number of aryl methyl sites for hydroxylation is 1. The van der Waals surface area contributed by atoms with Crippen LogP contribution < -0.4 is 0 Å². The van der Waals surface area contributed by atoms with Gasteiger partial charge < -0.3 is 14.5 Å². The fraction of sp³-hybridized carbons (Fsp3) is 0.778. The standard InChI is InChI=1S/C18H30N4O2/c1-20(2)8-4-15-5-11-24-18(12-15)6-9-22(10-7-18)17(23)16-13-19-21(3)14-16/h13-15H,4-12H2,1-3H3. The summed E-state index contributed by atoms with van der Waals surface area (Å²) in [5.74, 6) is 0.847. The molecule has 0 aromatic carbocycles. The zero-order valence-corrected chi connectivity index (χ0v) is 15.2. The van der Waals surface area contributed by atoms with Crippen LogP contribution in [0.5, 0.6) is 0 Å². The van der Waals surface area contributed by atoms with E-state index in [0.29, 0.717) is 5.56 Å². The van der Waals surface area contributed by atoms with Crippen molar-refractivity contribution in [2.75, 3.05) is 40.3 Å². The van der Waals surface area contributed by atoms with Gasteiger partial charge in [0, 0.05) is 32.9 Å². The Morgan fingerprint density at radius 2 is 2.17 bits per heavy atom. The van der Waals surface area contributed by atoms with Crippen molar-refractivity contribution in [1.29, 1.82) is 0 Å². The molecule has 2 aliphatic rings. The largest absolute Gasteiger partial charge is 0.375 e. The van der Waals surface area contributed by atoms with Crippen LogP contribution in [0, 0.1) is 5.92 Å². The van der Waals surface area contributed by atoms with Crippen LogP contribution >= 0.6 is 0 Å². The molecule has 3 rings (SSSR count). The first-order valence-corrected chi connectivity index (χ1v) is 9.04. The van der Waals surface area contributed by atoms with Gasteiger partial charge in [0.05, 0.1) is 17.4 Å². The van der Waals surface area contributed by atoms with Crippen LogP contribution in [0.1, 0.15) is 42.5 Å². The van der Waals surface area contributed by atoms with Gasteiger partial charge in [-0.15, -0.1) is 0 Å². The van der Waals surface area contributed by atoms with Crippen molar-refractivity contribution >= 4 is 5.91 Å². The minimum atomic E-state index is 0.000940. The molecular weight excluding hydrogens is 304 g/mol. The number of likely N-dealkylation sites (tertiary alicyclic amines) is 1. The highest BCUT2D eigenvalue weighted by Crippen LogP contribution is 2.39. The monoisotopic (exact) mass is 334 g/mol.